The first-order valence-corrected chi connectivity index (χ1v) is 6.22. The predicted octanol–water partition coefficient (Wildman–Crippen LogP) is 2.38. The van der Waals surface area contributed by atoms with Crippen LogP contribution in [0.3, 0.4) is 0 Å². The highest BCUT2D eigenvalue weighted by molar-refractivity contribution is 5.73. The Morgan fingerprint density at radius 2 is 2.17 bits per heavy atom. The Balaban J connectivity index is 2.45. The summed E-state index contributed by atoms with van der Waals surface area (Å²) in [6.45, 7) is 6.80. The third kappa shape index (κ3) is 2.26. The smallest absolute Gasteiger partial charge is 0.192 e. The van der Waals surface area contributed by atoms with Crippen LogP contribution in [0.2, 0.25) is 0 Å². The fourth-order valence-corrected chi connectivity index (χ4v) is 2.37. The lowest BCUT2D eigenvalue weighted by atomic mass is 9.80. The SMILES string of the molecule is CNC(c1ccc2oc(C)nc2c1)C(C)(C)CN. The highest BCUT2D eigenvalue weighted by atomic mass is 16.3. The normalized spacial score (nSPS) is 14.1. The first-order chi connectivity index (χ1) is 8.47. The average Bonchev–Trinajstić information content (AvgIpc) is 2.69. The Bertz CT molecular complexity index is 545. The molecular formula is C14H21N3O. The van der Waals surface area contributed by atoms with Gasteiger partial charge in [0.25, 0.3) is 0 Å². The summed E-state index contributed by atoms with van der Waals surface area (Å²) in [6.07, 6.45) is 0. The van der Waals surface area contributed by atoms with Gasteiger partial charge < -0.3 is 15.5 Å². The van der Waals surface area contributed by atoms with Gasteiger partial charge in [-0.1, -0.05) is 19.9 Å². The van der Waals surface area contributed by atoms with E-state index in [0.717, 1.165) is 11.1 Å². The number of aromatic nitrogens is 1. The second kappa shape index (κ2) is 4.71. The number of benzene rings is 1. The van der Waals surface area contributed by atoms with Crippen molar-refractivity contribution in [2.24, 2.45) is 11.1 Å². The van der Waals surface area contributed by atoms with Crippen LogP contribution in [0, 0.1) is 12.3 Å². The van der Waals surface area contributed by atoms with E-state index in [1.54, 1.807) is 0 Å². The van der Waals surface area contributed by atoms with Gasteiger partial charge in [0.05, 0.1) is 0 Å². The van der Waals surface area contributed by atoms with E-state index in [1.807, 2.05) is 20.0 Å². The van der Waals surface area contributed by atoms with Crippen LogP contribution in [0.5, 0.6) is 0 Å². The number of aryl methyl sites for hydroxylation is 1. The molecule has 2 rings (SSSR count). The second-order valence-electron chi connectivity index (χ2n) is 5.37. The van der Waals surface area contributed by atoms with E-state index in [4.69, 9.17) is 10.2 Å². The van der Waals surface area contributed by atoms with Gasteiger partial charge in [-0.3, -0.25) is 0 Å². The number of nitrogens with zero attached hydrogens (tertiary/aromatic N) is 1. The molecule has 0 aliphatic rings. The Morgan fingerprint density at radius 1 is 1.44 bits per heavy atom. The zero-order chi connectivity index (χ0) is 13.3. The molecule has 0 amide bonds. The first kappa shape index (κ1) is 13.1. The minimum absolute atomic E-state index is 0.0127. The summed E-state index contributed by atoms with van der Waals surface area (Å²) < 4.78 is 5.49. The van der Waals surface area contributed by atoms with Gasteiger partial charge in [0.15, 0.2) is 11.5 Å². The van der Waals surface area contributed by atoms with Crippen LogP contribution in [-0.4, -0.2) is 18.6 Å². The summed E-state index contributed by atoms with van der Waals surface area (Å²) >= 11 is 0. The maximum absolute atomic E-state index is 5.86. The fourth-order valence-electron chi connectivity index (χ4n) is 2.37. The van der Waals surface area contributed by atoms with E-state index in [2.05, 4.69) is 36.3 Å². The van der Waals surface area contributed by atoms with Crippen molar-refractivity contribution in [2.75, 3.05) is 13.6 Å². The lowest BCUT2D eigenvalue weighted by Gasteiger charge is -2.33. The molecular weight excluding hydrogens is 226 g/mol. The first-order valence-electron chi connectivity index (χ1n) is 6.22. The second-order valence-corrected chi connectivity index (χ2v) is 5.37. The number of nitrogens with two attached hydrogens (primary N) is 1. The molecule has 18 heavy (non-hydrogen) atoms. The van der Waals surface area contributed by atoms with Crippen LogP contribution >= 0.6 is 0 Å². The number of hydrogen-bond donors (Lipinski definition) is 2. The van der Waals surface area contributed by atoms with Crippen molar-refractivity contribution in [2.45, 2.75) is 26.8 Å². The van der Waals surface area contributed by atoms with Crippen LogP contribution in [0.1, 0.15) is 31.3 Å². The van der Waals surface area contributed by atoms with E-state index >= 15 is 0 Å². The summed E-state index contributed by atoms with van der Waals surface area (Å²) in [5, 5.41) is 3.34. The molecule has 0 fully saturated rings. The quantitative estimate of drug-likeness (QED) is 0.870. The average molecular weight is 247 g/mol. The molecule has 4 heteroatoms. The molecule has 3 N–H and O–H groups in total. The zero-order valence-electron chi connectivity index (χ0n) is 11.4. The summed E-state index contributed by atoms with van der Waals surface area (Å²) in [6, 6.07) is 6.32. The molecule has 0 spiro atoms. The molecule has 0 bridgehead atoms. The Morgan fingerprint density at radius 3 is 2.78 bits per heavy atom. The molecule has 0 saturated carbocycles. The highest BCUT2D eigenvalue weighted by Gasteiger charge is 2.28. The van der Waals surface area contributed by atoms with Crippen molar-refractivity contribution in [3.05, 3.63) is 29.7 Å². The summed E-state index contributed by atoms with van der Waals surface area (Å²) in [4.78, 5) is 4.37. The van der Waals surface area contributed by atoms with Gasteiger partial charge in [0.1, 0.15) is 5.52 Å². The summed E-state index contributed by atoms with van der Waals surface area (Å²) in [7, 11) is 1.96. The minimum atomic E-state index is -0.0127. The standard InChI is InChI=1S/C14H21N3O/c1-9-17-11-7-10(5-6-12(11)18-9)13(16-4)14(2,3)8-15/h5-7,13,16H,8,15H2,1-4H3. The van der Waals surface area contributed by atoms with Gasteiger partial charge >= 0.3 is 0 Å². The van der Waals surface area contributed by atoms with E-state index in [1.165, 1.54) is 5.56 Å². The fraction of sp³-hybridized carbons (Fsp3) is 0.500. The van der Waals surface area contributed by atoms with Gasteiger partial charge in [-0.05, 0) is 36.7 Å². The van der Waals surface area contributed by atoms with Gasteiger partial charge in [0.2, 0.25) is 0 Å². The maximum atomic E-state index is 5.86. The lowest BCUT2D eigenvalue weighted by molar-refractivity contribution is 0.266. The number of oxazole rings is 1. The van der Waals surface area contributed by atoms with Crippen molar-refractivity contribution < 1.29 is 4.42 Å². The molecule has 1 atom stereocenters. The molecule has 0 aliphatic carbocycles. The van der Waals surface area contributed by atoms with Gasteiger partial charge in [-0.15, -0.1) is 0 Å². The Labute approximate surface area is 108 Å². The summed E-state index contributed by atoms with van der Waals surface area (Å²) in [5.74, 6) is 0.696. The third-order valence-electron chi connectivity index (χ3n) is 3.45. The van der Waals surface area contributed by atoms with E-state index in [9.17, 15) is 0 Å². The van der Waals surface area contributed by atoms with Crippen molar-refractivity contribution in [3.8, 4) is 0 Å². The molecule has 1 heterocycles. The molecule has 2 aromatic rings. The topological polar surface area (TPSA) is 64.1 Å². The molecule has 0 radical (unpaired) electrons. The molecule has 98 valence electrons. The van der Waals surface area contributed by atoms with Crippen LogP contribution in [0.4, 0.5) is 0 Å². The van der Waals surface area contributed by atoms with Crippen molar-refractivity contribution in [1.82, 2.24) is 10.3 Å². The largest absolute Gasteiger partial charge is 0.441 e. The van der Waals surface area contributed by atoms with E-state index in [-0.39, 0.29) is 11.5 Å². The Kier molecular flexibility index (Phi) is 3.41. The number of rotatable bonds is 4. The van der Waals surface area contributed by atoms with Gasteiger partial charge in [0, 0.05) is 13.0 Å². The number of fused-ring (bicyclic) bond motifs is 1. The van der Waals surface area contributed by atoms with E-state index < -0.39 is 0 Å². The van der Waals surface area contributed by atoms with Crippen LogP contribution < -0.4 is 11.1 Å². The van der Waals surface area contributed by atoms with Crippen LogP contribution in [0.25, 0.3) is 11.1 Å². The third-order valence-corrected chi connectivity index (χ3v) is 3.45. The van der Waals surface area contributed by atoms with Gasteiger partial charge in [-0.25, -0.2) is 4.98 Å². The number of hydrogen-bond acceptors (Lipinski definition) is 4. The van der Waals surface area contributed by atoms with Crippen molar-refractivity contribution in [3.63, 3.8) is 0 Å². The van der Waals surface area contributed by atoms with Crippen molar-refractivity contribution in [1.29, 1.82) is 0 Å². The van der Waals surface area contributed by atoms with Crippen LogP contribution in [-0.2, 0) is 0 Å². The molecule has 1 aromatic carbocycles. The maximum Gasteiger partial charge on any atom is 0.192 e. The lowest BCUT2D eigenvalue weighted by Crippen LogP contribution is -2.37. The van der Waals surface area contributed by atoms with Gasteiger partial charge in [-0.2, -0.15) is 0 Å². The predicted molar refractivity (Wildman–Crippen MR) is 73.4 cm³/mol. The molecule has 1 unspecified atom stereocenters. The summed E-state index contributed by atoms with van der Waals surface area (Å²) in [5.41, 5.74) is 8.77. The molecule has 1 aromatic heterocycles. The Hall–Kier alpha value is -1.39. The van der Waals surface area contributed by atoms with Crippen LogP contribution in [0.15, 0.2) is 22.6 Å². The molecule has 0 aliphatic heterocycles. The highest BCUT2D eigenvalue weighted by Crippen LogP contribution is 2.33. The number of nitrogens with one attached hydrogen (secondary N) is 1. The molecule has 0 saturated heterocycles. The van der Waals surface area contributed by atoms with E-state index in [0.29, 0.717) is 12.4 Å². The minimum Gasteiger partial charge on any atom is -0.441 e. The zero-order valence-corrected chi connectivity index (χ0v) is 11.4. The molecule has 4 nitrogen and oxygen atoms in total. The monoisotopic (exact) mass is 247 g/mol. The van der Waals surface area contributed by atoms with Crippen molar-refractivity contribution >= 4 is 11.1 Å².